The fourth-order valence-corrected chi connectivity index (χ4v) is 7.91. The van der Waals surface area contributed by atoms with Crippen molar-refractivity contribution in [2.75, 3.05) is 11.5 Å². The van der Waals surface area contributed by atoms with E-state index in [4.69, 9.17) is 23.7 Å². The van der Waals surface area contributed by atoms with E-state index in [9.17, 15) is 38.4 Å². The van der Waals surface area contributed by atoms with Crippen LogP contribution in [0.3, 0.4) is 0 Å². The van der Waals surface area contributed by atoms with Crippen LogP contribution in [0.1, 0.15) is 89.0 Å². The number of hydrogen-bond acceptors (Lipinski definition) is 14. The number of amides is 2. The van der Waals surface area contributed by atoms with E-state index >= 15 is 0 Å². The smallest absolute Gasteiger partial charge is 0.328 e. The maximum absolute atomic E-state index is 14.0. The average Bonchev–Trinajstić information content (AvgIpc) is 3.34. The van der Waals surface area contributed by atoms with Crippen LogP contribution in [0.2, 0.25) is 0 Å². The van der Waals surface area contributed by atoms with Gasteiger partial charge in [0.1, 0.15) is 49.9 Å². The van der Waals surface area contributed by atoms with Crippen LogP contribution < -0.4 is 10.6 Å². The molecule has 2 N–H and O–H groups in total. The highest BCUT2D eigenvalue weighted by Gasteiger charge is 2.32. The molecule has 0 saturated heterocycles. The van der Waals surface area contributed by atoms with E-state index < -0.39 is 82.9 Å². The highest BCUT2D eigenvalue weighted by Crippen LogP contribution is 2.23. The summed E-state index contributed by atoms with van der Waals surface area (Å²) >= 11 is 1.14. The molecule has 0 aliphatic carbocycles. The Hall–Kier alpha value is -6.81. The molecule has 0 spiro atoms. The number of ether oxygens (including phenoxy) is 5. The molecule has 4 aromatic carbocycles. The molecule has 0 unspecified atom stereocenters. The lowest BCUT2D eigenvalue weighted by Crippen LogP contribution is -2.45. The number of nitrogens with one attached hydrogen (secondary N) is 2. The minimum Gasteiger partial charge on any atom is -0.461 e. The summed E-state index contributed by atoms with van der Waals surface area (Å²) in [6.45, 7) is 7.89. The van der Waals surface area contributed by atoms with Gasteiger partial charge in [-0.25, -0.2) is 9.59 Å². The zero-order valence-corrected chi connectivity index (χ0v) is 41.2. The van der Waals surface area contributed by atoms with Crippen LogP contribution in [0.5, 0.6) is 0 Å². The standard InChI is InChI=1S/C54H64N2O13S/c1-37(28-48(59)69-54(3,4)5)49(60)56-46(53(64)68-34-42-24-16-9-17-25-42)27-26-45(57)29-43(50(61)55-38(2)51(62)66-32-40-20-12-7-13-21-40)35-70-36-44(52(63)67-33-41-22-14-8-15-23-41)30-47(58)65-31-39-18-10-6-11-19-39/h6-25,37-38,43-44,46H,26-36H2,1-5H3,(H,55,61)(H,56,60)/t37-,38-,43-,44+,46-/m1/s1. The normalized spacial score (nSPS) is 13.2. The quantitative estimate of drug-likeness (QED) is 0.0420. The number of thioether (sulfide) groups is 1. The molecular formula is C54H64N2O13S. The molecule has 0 bridgehead atoms. The van der Waals surface area contributed by atoms with Crippen molar-refractivity contribution in [2.45, 2.75) is 111 Å². The lowest BCUT2D eigenvalue weighted by molar-refractivity contribution is -0.157. The molecule has 0 saturated carbocycles. The maximum atomic E-state index is 14.0. The van der Waals surface area contributed by atoms with Gasteiger partial charge in [-0.15, -0.1) is 0 Å². The number of hydrogen-bond donors (Lipinski definition) is 2. The van der Waals surface area contributed by atoms with Gasteiger partial charge in [-0.3, -0.25) is 28.8 Å². The van der Waals surface area contributed by atoms with Crippen molar-refractivity contribution >= 4 is 59.2 Å². The minimum atomic E-state index is -1.30. The van der Waals surface area contributed by atoms with Gasteiger partial charge >= 0.3 is 29.8 Å². The summed E-state index contributed by atoms with van der Waals surface area (Å²) in [7, 11) is 0. The largest absolute Gasteiger partial charge is 0.461 e. The number of Topliss-reactive ketones (excluding diaryl/α,β-unsaturated/α-hetero) is 1. The number of rotatable bonds is 28. The Balaban J connectivity index is 1.48. The predicted molar refractivity (Wildman–Crippen MR) is 262 cm³/mol. The van der Waals surface area contributed by atoms with Crippen LogP contribution >= 0.6 is 11.8 Å². The average molecular weight is 981 g/mol. The first-order chi connectivity index (χ1) is 33.4. The van der Waals surface area contributed by atoms with Crippen molar-refractivity contribution in [2.24, 2.45) is 17.8 Å². The molecule has 374 valence electrons. The van der Waals surface area contributed by atoms with Crippen molar-refractivity contribution in [3.63, 3.8) is 0 Å². The molecular weight excluding hydrogens is 917 g/mol. The fraction of sp³-hybridized carbons (Fsp3) is 0.407. The molecule has 0 aliphatic heterocycles. The number of carbonyl (C=O) groups excluding carboxylic acids is 8. The molecule has 16 heteroatoms. The Kier molecular flexibility index (Phi) is 23.3. The second kappa shape index (κ2) is 29.3. The minimum absolute atomic E-state index is 0.00351. The highest BCUT2D eigenvalue weighted by molar-refractivity contribution is 7.99. The molecule has 2 amide bonds. The molecule has 15 nitrogen and oxygen atoms in total. The zero-order chi connectivity index (χ0) is 50.9. The van der Waals surface area contributed by atoms with Crippen LogP contribution in [-0.2, 0) is 88.5 Å². The van der Waals surface area contributed by atoms with Gasteiger partial charge in [0.05, 0.1) is 24.7 Å². The van der Waals surface area contributed by atoms with E-state index in [1.54, 1.807) is 112 Å². The predicted octanol–water partition coefficient (Wildman–Crippen LogP) is 7.41. The van der Waals surface area contributed by atoms with E-state index in [1.165, 1.54) is 13.8 Å². The van der Waals surface area contributed by atoms with Gasteiger partial charge in [0, 0.05) is 30.3 Å². The van der Waals surface area contributed by atoms with Crippen LogP contribution in [0, 0.1) is 17.8 Å². The molecule has 0 aliphatic rings. The summed E-state index contributed by atoms with van der Waals surface area (Å²) in [6, 6.07) is 33.5. The maximum Gasteiger partial charge on any atom is 0.328 e. The first kappa shape index (κ1) is 55.8. The number of ketones is 1. The Morgan fingerprint density at radius 3 is 1.43 bits per heavy atom. The zero-order valence-electron chi connectivity index (χ0n) is 40.4. The molecule has 0 heterocycles. The lowest BCUT2D eigenvalue weighted by Gasteiger charge is -2.23. The number of benzene rings is 4. The third kappa shape index (κ3) is 21.6. The summed E-state index contributed by atoms with van der Waals surface area (Å²) in [5.41, 5.74) is 2.15. The molecule has 0 radical (unpaired) electrons. The van der Waals surface area contributed by atoms with Gasteiger partial charge in [0.15, 0.2) is 0 Å². The third-order valence-electron chi connectivity index (χ3n) is 10.5. The fourth-order valence-electron chi connectivity index (χ4n) is 6.68. The summed E-state index contributed by atoms with van der Waals surface area (Å²) < 4.78 is 27.4. The van der Waals surface area contributed by atoms with Gasteiger partial charge in [-0.2, -0.15) is 11.8 Å². The molecule has 0 fully saturated rings. The van der Waals surface area contributed by atoms with E-state index in [-0.39, 0.29) is 70.0 Å². The Bertz CT molecular complexity index is 2310. The third-order valence-corrected chi connectivity index (χ3v) is 11.8. The lowest BCUT2D eigenvalue weighted by atomic mass is 9.98. The van der Waals surface area contributed by atoms with Gasteiger partial charge in [-0.1, -0.05) is 128 Å². The number of carbonyl (C=O) groups is 8. The van der Waals surface area contributed by atoms with Crippen molar-refractivity contribution in [3.05, 3.63) is 144 Å². The summed E-state index contributed by atoms with van der Waals surface area (Å²) in [6.07, 6.45) is -1.43. The van der Waals surface area contributed by atoms with Gasteiger partial charge < -0.3 is 34.3 Å². The van der Waals surface area contributed by atoms with Crippen molar-refractivity contribution < 1.29 is 62.0 Å². The monoisotopic (exact) mass is 980 g/mol. The highest BCUT2D eigenvalue weighted by atomic mass is 32.2. The molecule has 0 aromatic heterocycles. The summed E-state index contributed by atoms with van der Waals surface area (Å²) in [5, 5.41) is 5.29. The van der Waals surface area contributed by atoms with Gasteiger partial charge in [0.25, 0.3) is 0 Å². The second-order valence-corrected chi connectivity index (χ2v) is 18.9. The van der Waals surface area contributed by atoms with Crippen LogP contribution in [0.25, 0.3) is 0 Å². The first-order valence-electron chi connectivity index (χ1n) is 23.2. The van der Waals surface area contributed by atoms with E-state index in [0.717, 1.165) is 28.5 Å². The SMILES string of the molecule is C[C@H](CC(=O)OC(C)(C)C)C(=O)N[C@H](CCC(=O)C[C@H](CSC[C@H](CC(=O)OCc1ccccc1)C(=O)OCc1ccccc1)C(=O)N[C@H](C)C(=O)OCc1ccccc1)C(=O)OCc1ccccc1. The van der Waals surface area contributed by atoms with Crippen molar-refractivity contribution in [3.8, 4) is 0 Å². The van der Waals surface area contributed by atoms with Crippen LogP contribution in [0.15, 0.2) is 121 Å². The Morgan fingerprint density at radius 1 is 0.500 bits per heavy atom. The summed E-state index contributed by atoms with van der Waals surface area (Å²) in [5.74, 6) is -8.16. The van der Waals surface area contributed by atoms with Crippen molar-refractivity contribution in [1.29, 1.82) is 0 Å². The Morgan fingerprint density at radius 2 is 0.943 bits per heavy atom. The summed E-state index contributed by atoms with van der Waals surface area (Å²) in [4.78, 5) is 107. The second-order valence-electron chi connectivity index (χ2n) is 17.8. The van der Waals surface area contributed by atoms with Crippen LogP contribution in [-0.4, -0.2) is 76.6 Å². The molecule has 5 atom stereocenters. The molecule has 4 aromatic rings. The van der Waals surface area contributed by atoms with E-state index in [1.807, 2.05) is 30.3 Å². The Labute approximate surface area is 414 Å². The topological polar surface area (TPSA) is 207 Å². The number of esters is 5. The van der Waals surface area contributed by atoms with Crippen LogP contribution in [0.4, 0.5) is 0 Å². The first-order valence-corrected chi connectivity index (χ1v) is 24.3. The van der Waals surface area contributed by atoms with Gasteiger partial charge in [-0.05, 0) is 56.4 Å². The molecule has 4 rings (SSSR count). The molecule has 70 heavy (non-hydrogen) atoms. The van der Waals surface area contributed by atoms with E-state index in [2.05, 4.69) is 10.6 Å². The van der Waals surface area contributed by atoms with Gasteiger partial charge in [0.2, 0.25) is 11.8 Å². The van der Waals surface area contributed by atoms with Crippen molar-refractivity contribution in [1.82, 2.24) is 10.6 Å². The van der Waals surface area contributed by atoms with E-state index in [0.29, 0.717) is 5.56 Å².